The van der Waals surface area contributed by atoms with Gasteiger partial charge in [-0.3, -0.25) is 9.36 Å². The highest BCUT2D eigenvalue weighted by molar-refractivity contribution is 5.81. The Morgan fingerprint density at radius 1 is 1.19 bits per heavy atom. The van der Waals surface area contributed by atoms with Gasteiger partial charge in [-0.1, -0.05) is 29.8 Å². The molecule has 0 spiro atoms. The average Bonchev–Trinajstić information content (AvgIpc) is 3.20. The fraction of sp³-hybridized carbons (Fsp3) is 0.550. The summed E-state index contributed by atoms with van der Waals surface area (Å²) in [4.78, 5) is 28.0. The highest BCUT2D eigenvalue weighted by atomic mass is 16.2. The van der Waals surface area contributed by atoms with E-state index in [-0.39, 0.29) is 17.6 Å². The molecule has 1 fully saturated rings. The molecule has 1 aromatic carbocycles. The number of likely N-dealkylation sites (tertiary alicyclic amines) is 1. The van der Waals surface area contributed by atoms with E-state index < -0.39 is 6.04 Å². The van der Waals surface area contributed by atoms with Crippen molar-refractivity contribution >= 4 is 5.91 Å². The minimum Gasteiger partial charge on any atom is -0.338 e. The first-order chi connectivity index (χ1) is 12.5. The van der Waals surface area contributed by atoms with Crippen LogP contribution in [0.4, 0.5) is 0 Å². The maximum Gasteiger partial charge on any atom is 0.346 e. The van der Waals surface area contributed by atoms with Gasteiger partial charge < -0.3 is 4.90 Å². The zero-order valence-electron chi connectivity index (χ0n) is 15.5. The summed E-state index contributed by atoms with van der Waals surface area (Å²) in [6.45, 7) is 5.39. The van der Waals surface area contributed by atoms with Gasteiger partial charge in [-0.05, 0) is 45.1 Å². The van der Waals surface area contributed by atoms with E-state index in [2.05, 4.69) is 12.0 Å². The second kappa shape index (κ2) is 6.74. The molecule has 1 aromatic heterocycles. The molecule has 26 heavy (non-hydrogen) atoms. The van der Waals surface area contributed by atoms with E-state index in [9.17, 15) is 9.59 Å². The van der Waals surface area contributed by atoms with Crippen molar-refractivity contribution in [3.05, 3.63) is 51.7 Å². The van der Waals surface area contributed by atoms with Crippen molar-refractivity contribution in [2.24, 2.45) is 0 Å². The molecule has 0 radical (unpaired) electrons. The van der Waals surface area contributed by atoms with Gasteiger partial charge in [-0.25, -0.2) is 9.48 Å². The minimum atomic E-state index is -0.390. The molecule has 6 nitrogen and oxygen atoms in total. The molecule has 1 saturated heterocycles. The average molecular weight is 354 g/mol. The summed E-state index contributed by atoms with van der Waals surface area (Å²) in [5.74, 6) is 0.839. The SMILES string of the molecule is Cc1ccc(Cn2nc3n(c2=O)C(C(=O)N2CCCC2C)CCC3)cc1. The van der Waals surface area contributed by atoms with Crippen LogP contribution in [0, 0.1) is 6.92 Å². The lowest BCUT2D eigenvalue weighted by molar-refractivity contribution is -0.136. The lowest BCUT2D eigenvalue weighted by atomic mass is 10.0. The molecular formula is C20H26N4O2. The summed E-state index contributed by atoms with van der Waals surface area (Å²) < 4.78 is 3.17. The maximum atomic E-state index is 13.1. The summed E-state index contributed by atoms with van der Waals surface area (Å²) in [5.41, 5.74) is 2.07. The minimum absolute atomic E-state index is 0.0907. The van der Waals surface area contributed by atoms with Gasteiger partial charge >= 0.3 is 5.69 Å². The van der Waals surface area contributed by atoms with Gasteiger partial charge in [0.2, 0.25) is 5.91 Å². The Hall–Kier alpha value is -2.37. The molecule has 2 aliphatic rings. The van der Waals surface area contributed by atoms with Crippen molar-refractivity contribution in [3.8, 4) is 0 Å². The Bertz CT molecular complexity index is 865. The number of nitrogens with zero attached hydrogens (tertiary/aromatic N) is 4. The van der Waals surface area contributed by atoms with E-state index in [1.165, 1.54) is 10.2 Å². The molecule has 3 heterocycles. The van der Waals surface area contributed by atoms with Crippen LogP contribution >= 0.6 is 0 Å². The van der Waals surface area contributed by atoms with Gasteiger partial charge in [0.1, 0.15) is 11.9 Å². The molecular weight excluding hydrogens is 328 g/mol. The largest absolute Gasteiger partial charge is 0.346 e. The third kappa shape index (κ3) is 2.97. The zero-order chi connectivity index (χ0) is 18.3. The Labute approximate surface area is 153 Å². The number of fused-ring (bicyclic) bond motifs is 1. The molecule has 0 saturated carbocycles. The van der Waals surface area contributed by atoms with Crippen LogP contribution in [0.1, 0.15) is 55.6 Å². The summed E-state index contributed by atoms with van der Waals surface area (Å²) in [6, 6.07) is 8.00. The lowest BCUT2D eigenvalue weighted by Crippen LogP contribution is -2.43. The number of hydrogen-bond acceptors (Lipinski definition) is 3. The molecule has 4 rings (SSSR count). The molecule has 6 heteroatoms. The molecule has 2 aliphatic heterocycles. The van der Waals surface area contributed by atoms with Crippen LogP contribution in [-0.2, 0) is 17.8 Å². The standard InChI is InChI=1S/C20H26N4O2/c1-14-8-10-16(11-9-14)13-23-20(26)24-17(6-3-7-18(24)21-23)19(25)22-12-4-5-15(22)2/h8-11,15,17H,3-7,12-13H2,1-2H3. The first-order valence-corrected chi connectivity index (χ1v) is 9.59. The van der Waals surface area contributed by atoms with Crippen LogP contribution in [0.3, 0.4) is 0 Å². The van der Waals surface area contributed by atoms with E-state index in [1.54, 1.807) is 4.57 Å². The number of carbonyl (C=O) groups is 1. The van der Waals surface area contributed by atoms with Crippen LogP contribution in [0.2, 0.25) is 0 Å². The van der Waals surface area contributed by atoms with Gasteiger partial charge in [0.15, 0.2) is 0 Å². The molecule has 1 amide bonds. The first kappa shape index (κ1) is 17.1. The van der Waals surface area contributed by atoms with Crippen molar-refractivity contribution in [2.45, 2.75) is 64.6 Å². The number of carbonyl (C=O) groups excluding carboxylic acids is 1. The molecule has 0 N–H and O–H groups in total. The first-order valence-electron chi connectivity index (χ1n) is 9.59. The number of hydrogen-bond donors (Lipinski definition) is 0. The van der Waals surface area contributed by atoms with Gasteiger partial charge in [-0.2, -0.15) is 5.10 Å². The van der Waals surface area contributed by atoms with Gasteiger partial charge in [0, 0.05) is 19.0 Å². The van der Waals surface area contributed by atoms with Crippen molar-refractivity contribution in [2.75, 3.05) is 6.54 Å². The second-order valence-corrected chi connectivity index (χ2v) is 7.64. The molecule has 2 aromatic rings. The quantitative estimate of drug-likeness (QED) is 0.850. The molecule has 138 valence electrons. The molecule has 2 atom stereocenters. The third-order valence-corrected chi connectivity index (χ3v) is 5.70. The van der Waals surface area contributed by atoms with Gasteiger partial charge in [0.05, 0.1) is 6.54 Å². The van der Waals surface area contributed by atoms with Crippen LogP contribution in [-0.4, -0.2) is 37.7 Å². The fourth-order valence-corrected chi connectivity index (χ4v) is 4.19. The number of aromatic nitrogens is 3. The van der Waals surface area contributed by atoms with Gasteiger partial charge in [-0.15, -0.1) is 0 Å². The van der Waals surface area contributed by atoms with E-state index in [4.69, 9.17) is 0 Å². The topological polar surface area (TPSA) is 60.1 Å². The fourth-order valence-electron chi connectivity index (χ4n) is 4.19. The highest BCUT2D eigenvalue weighted by Gasteiger charge is 2.36. The van der Waals surface area contributed by atoms with Gasteiger partial charge in [0.25, 0.3) is 0 Å². The monoisotopic (exact) mass is 354 g/mol. The Morgan fingerprint density at radius 2 is 1.96 bits per heavy atom. The summed E-state index contributed by atoms with van der Waals surface area (Å²) in [5, 5.41) is 4.54. The van der Waals surface area contributed by atoms with E-state index in [0.29, 0.717) is 6.54 Å². The molecule has 0 aliphatic carbocycles. The Balaban J connectivity index is 1.64. The summed E-state index contributed by atoms with van der Waals surface area (Å²) in [7, 11) is 0. The summed E-state index contributed by atoms with van der Waals surface area (Å²) >= 11 is 0. The second-order valence-electron chi connectivity index (χ2n) is 7.64. The number of rotatable bonds is 3. The predicted molar refractivity (Wildman–Crippen MR) is 99.2 cm³/mol. The van der Waals surface area contributed by atoms with Crippen LogP contribution < -0.4 is 5.69 Å². The van der Waals surface area contributed by atoms with Crippen LogP contribution in [0.5, 0.6) is 0 Å². The van der Waals surface area contributed by atoms with Crippen molar-refractivity contribution in [3.63, 3.8) is 0 Å². The van der Waals surface area contributed by atoms with Crippen LogP contribution in [0.15, 0.2) is 29.1 Å². The smallest absolute Gasteiger partial charge is 0.338 e. The van der Waals surface area contributed by atoms with Crippen molar-refractivity contribution < 1.29 is 4.79 Å². The lowest BCUT2D eigenvalue weighted by Gasteiger charge is -2.29. The van der Waals surface area contributed by atoms with E-state index in [1.807, 2.05) is 36.1 Å². The Morgan fingerprint density at radius 3 is 2.65 bits per heavy atom. The predicted octanol–water partition coefficient (Wildman–Crippen LogP) is 2.29. The highest BCUT2D eigenvalue weighted by Crippen LogP contribution is 2.27. The normalized spacial score (nSPS) is 22.5. The Kier molecular flexibility index (Phi) is 4.42. The van der Waals surface area contributed by atoms with Crippen molar-refractivity contribution in [1.82, 2.24) is 19.2 Å². The van der Waals surface area contributed by atoms with E-state index >= 15 is 0 Å². The number of amides is 1. The van der Waals surface area contributed by atoms with Crippen molar-refractivity contribution in [1.29, 1.82) is 0 Å². The molecule has 0 bridgehead atoms. The van der Waals surface area contributed by atoms with E-state index in [0.717, 1.165) is 50.0 Å². The number of aryl methyl sites for hydroxylation is 2. The number of benzene rings is 1. The third-order valence-electron chi connectivity index (χ3n) is 5.70. The van der Waals surface area contributed by atoms with Crippen LogP contribution in [0.25, 0.3) is 0 Å². The molecule has 2 unspecified atom stereocenters. The maximum absolute atomic E-state index is 13.1. The summed E-state index contributed by atoms with van der Waals surface area (Å²) in [6.07, 6.45) is 4.49. The zero-order valence-corrected chi connectivity index (χ0v) is 15.5.